The number of fused-ring (bicyclic) bond motifs is 1. The lowest BCUT2D eigenvalue weighted by Crippen LogP contribution is -2.18. The topological polar surface area (TPSA) is 39.1 Å². The normalized spacial score (nSPS) is 17.1. The lowest BCUT2D eigenvalue weighted by molar-refractivity contribution is 0.295. The maximum absolute atomic E-state index is 5.97. The SMILES string of the molecule is CCNC1CCc2c(OCCn3ccnc3)cccc21. The third-order valence-electron chi connectivity index (χ3n) is 3.84. The molecule has 1 aromatic carbocycles. The van der Waals surface area contributed by atoms with E-state index in [-0.39, 0.29) is 0 Å². The van der Waals surface area contributed by atoms with E-state index in [0.717, 1.165) is 25.3 Å². The predicted molar refractivity (Wildman–Crippen MR) is 78.9 cm³/mol. The molecule has 0 amide bonds. The number of rotatable bonds is 6. The first-order chi connectivity index (χ1) is 9.88. The van der Waals surface area contributed by atoms with Gasteiger partial charge in [-0.1, -0.05) is 19.1 Å². The van der Waals surface area contributed by atoms with Crippen LogP contribution in [0.2, 0.25) is 0 Å². The minimum atomic E-state index is 0.493. The molecule has 3 rings (SSSR count). The zero-order valence-corrected chi connectivity index (χ0v) is 11.9. The number of imidazole rings is 1. The first-order valence-corrected chi connectivity index (χ1v) is 7.32. The van der Waals surface area contributed by atoms with Crippen molar-refractivity contribution in [3.8, 4) is 5.75 Å². The fourth-order valence-corrected chi connectivity index (χ4v) is 2.89. The summed E-state index contributed by atoms with van der Waals surface area (Å²) in [6.07, 6.45) is 7.85. The smallest absolute Gasteiger partial charge is 0.122 e. The van der Waals surface area contributed by atoms with Crippen molar-refractivity contribution in [3.63, 3.8) is 0 Å². The Balaban J connectivity index is 1.65. The Bertz CT molecular complexity index is 551. The van der Waals surface area contributed by atoms with Crippen molar-refractivity contribution < 1.29 is 4.74 Å². The van der Waals surface area contributed by atoms with Gasteiger partial charge in [-0.15, -0.1) is 0 Å². The second-order valence-electron chi connectivity index (χ2n) is 5.12. The summed E-state index contributed by atoms with van der Waals surface area (Å²) >= 11 is 0. The van der Waals surface area contributed by atoms with E-state index in [1.807, 2.05) is 17.1 Å². The van der Waals surface area contributed by atoms with Gasteiger partial charge >= 0.3 is 0 Å². The monoisotopic (exact) mass is 271 g/mol. The molecule has 1 aliphatic rings. The highest BCUT2D eigenvalue weighted by molar-refractivity contribution is 5.45. The first-order valence-electron chi connectivity index (χ1n) is 7.32. The molecule has 0 saturated carbocycles. The molecule has 0 fully saturated rings. The molecule has 1 atom stereocenters. The fourth-order valence-electron chi connectivity index (χ4n) is 2.89. The summed E-state index contributed by atoms with van der Waals surface area (Å²) in [5, 5.41) is 3.54. The number of benzene rings is 1. The number of nitrogens with one attached hydrogen (secondary N) is 1. The van der Waals surface area contributed by atoms with Crippen LogP contribution in [-0.2, 0) is 13.0 Å². The Kier molecular flexibility index (Phi) is 4.02. The molecule has 4 heteroatoms. The number of hydrogen-bond acceptors (Lipinski definition) is 3. The van der Waals surface area contributed by atoms with Crippen LogP contribution in [0.4, 0.5) is 0 Å². The van der Waals surface area contributed by atoms with Crippen molar-refractivity contribution >= 4 is 0 Å². The maximum Gasteiger partial charge on any atom is 0.122 e. The van der Waals surface area contributed by atoms with Crippen LogP contribution >= 0.6 is 0 Å². The molecule has 2 aromatic rings. The molecule has 0 aliphatic heterocycles. The third-order valence-corrected chi connectivity index (χ3v) is 3.84. The van der Waals surface area contributed by atoms with Gasteiger partial charge in [0.15, 0.2) is 0 Å². The molecule has 1 aliphatic carbocycles. The van der Waals surface area contributed by atoms with Gasteiger partial charge in [-0.3, -0.25) is 0 Å². The summed E-state index contributed by atoms with van der Waals surface area (Å²) in [6.45, 7) is 4.68. The van der Waals surface area contributed by atoms with Gasteiger partial charge in [-0.05, 0) is 36.6 Å². The second-order valence-corrected chi connectivity index (χ2v) is 5.12. The van der Waals surface area contributed by atoms with Crippen LogP contribution in [0.25, 0.3) is 0 Å². The van der Waals surface area contributed by atoms with Crippen LogP contribution in [0.5, 0.6) is 5.75 Å². The van der Waals surface area contributed by atoms with E-state index >= 15 is 0 Å². The van der Waals surface area contributed by atoms with Crippen molar-refractivity contribution in [2.45, 2.75) is 32.4 Å². The van der Waals surface area contributed by atoms with Crippen LogP contribution in [0.1, 0.15) is 30.5 Å². The summed E-state index contributed by atoms with van der Waals surface area (Å²) in [4.78, 5) is 4.04. The van der Waals surface area contributed by atoms with Crippen LogP contribution in [-0.4, -0.2) is 22.7 Å². The maximum atomic E-state index is 5.97. The molecule has 1 aromatic heterocycles. The molecule has 106 valence electrons. The lowest BCUT2D eigenvalue weighted by atomic mass is 10.1. The highest BCUT2D eigenvalue weighted by atomic mass is 16.5. The van der Waals surface area contributed by atoms with Gasteiger partial charge in [0.25, 0.3) is 0 Å². The highest BCUT2D eigenvalue weighted by Gasteiger charge is 2.24. The largest absolute Gasteiger partial charge is 0.491 e. The summed E-state index contributed by atoms with van der Waals surface area (Å²) in [5.74, 6) is 1.04. The number of hydrogen-bond donors (Lipinski definition) is 1. The van der Waals surface area contributed by atoms with Gasteiger partial charge in [0.2, 0.25) is 0 Å². The predicted octanol–water partition coefficient (Wildman–Crippen LogP) is 2.56. The van der Waals surface area contributed by atoms with Crippen LogP contribution < -0.4 is 10.1 Å². The van der Waals surface area contributed by atoms with Gasteiger partial charge < -0.3 is 14.6 Å². The van der Waals surface area contributed by atoms with Crippen LogP contribution in [0.3, 0.4) is 0 Å². The average Bonchev–Trinajstić information content (AvgIpc) is 3.10. The van der Waals surface area contributed by atoms with Gasteiger partial charge in [0.1, 0.15) is 12.4 Å². The Morgan fingerprint density at radius 3 is 3.20 bits per heavy atom. The van der Waals surface area contributed by atoms with E-state index in [0.29, 0.717) is 12.6 Å². The summed E-state index contributed by atoms with van der Waals surface area (Å²) < 4.78 is 8.00. The summed E-state index contributed by atoms with van der Waals surface area (Å²) in [7, 11) is 0. The fraction of sp³-hybridized carbons (Fsp3) is 0.438. The standard InChI is InChI=1S/C16H21N3O/c1-2-18-15-7-6-14-13(15)4-3-5-16(14)20-11-10-19-9-8-17-12-19/h3-5,8-9,12,15,18H,2,6-7,10-11H2,1H3. The Hall–Kier alpha value is -1.81. The minimum Gasteiger partial charge on any atom is -0.491 e. The molecule has 1 unspecified atom stereocenters. The highest BCUT2D eigenvalue weighted by Crippen LogP contribution is 2.36. The Morgan fingerprint density at radius 2 is 2.40 bits per heavy atom. The Labute approximate surface area is 119 Å². The van der Waals surface area contributed by atoms with Crippen molar-refractivity contribution in [1.29, 1.82) is 0 Å². The van der Waals surface area contributed by atoms with Crippen molar-refractivity contribution in [3.05, 3.63) is 48.0 Å². The Morgan fingerprint density at radius 1 is 1.45 bits per heavy atom. The lowest BCUT2D eigenvalue weighted by Gasteiger charge is -2.14. The molecular formula is C16H21N3O. The molecule has 20 heavy (non-hydrogen) atoms. The van der Waals surface area contributed by atoms with Gasteiger partial charge in [0, 0.05) is 18.4 Å². The molecule has 1 heterocycles. The molecular weight excluding hydrogens is 250 g/mol. The molecule has 4 nitrogen and oxygen atoms in total. The van der Waals surface area contributed by atoms with E-state index in [1.54, 1.807) is 6.20 Å². The van der Waals surface area contributed by atoms with Crippen molar-refractivity contribution in [2.75, 3.05) is 13.2 Å². The average molecular weight is 271 g/mol. The van der Waals surface area contributed by atoms with Crippen LogP contribution in [0.15, 0.2) is 36.9 Å². The minimum absolute atomic E-state index is 0.493. The van der Waals surface area contributed by atoms with Crippen molar-refractivity contribution in [1.82, 2.24) is 14.9 Å². The van der Waals surface area contributed by atoms with Crippen molar-refractivity contribution in [2.24, 2.45) is 0 Å². The van der Waals surface area contributed by atoms with Gasteiger partial charge in [0.05, 0.1) is 12.9 Å². The zero-order valence-electron chi connectivity index (χ0n) is 11.9. The third kappa shape index (κ3) is 2.70. The summed E-state index contributed by atoms with van der Waals surface area (Å²) in [5.41, 5.74) is 2.79. The molecule has 0 radical (unpaired) electrons. The van der Waals surface area contributed by atoms with Gasteiger partial charge in [-0.2, -0.15) is 0 Å². The number of nitrogens with zero attached hydrogens (tertiary/aromatic N) is 2. The van der Waals surface area contributed by atoms with E-state index < -0.39 is 0 Å². The summed E-state index contributed by atoms with van der Waals surface area (Å²) in [6, 6.07) is 6.90. The van der Waals surface area contributed by atoms with E-state index in [1.165, 1.54) is 17.5 Å². The quantitative estimate of drug-likeness (QED) is 0.877. The van der Waals surface area contributed by atoms with E-state index in [2.05, 4.69) is 35.4 Å². The number of aromatic nitrogens is 2. The first kappa shape index (κ1) is 13.2. The number of ether oxygens (including phenoxy) is 1. The van der Waals surface area contributed by atoms with E-state index in [4.69, 9.17) is 4.74 Å². The molecule has 0 spiro atoms. The zero-order chi connectivity index (χ0) is 13.8. The van der Waals surface area contributed by atoms with Gasteiger partial charge in [-0.25, -0.2) is 4.98 Å². The van der Waals surface area contributed by atoms with Crippen LogP contribution in [0, 0.1) is 0 Å². The molecule has 0 saturated heterocycles. The molecule has 0 bridgehead atoms. The molecule has 1 N–H and O–H groups in total. The van der Waals surface area contributed by atoms with E-state index in [9.17, 15) is 0 Å². The second kappa shape index (κ2) is 6.09.